The molecule has 100 valence electrons. The summed E-state index contributed by atoms with van der Waals surface area (Å²) in [5.74, 6) is 0.628. The average Bonchev–Trinajstić information content (AvgIpc) is 2.89. The topological polar surface area (TPSA) is 49.4 Å². The Bertz CT molecular complexity index is 374. The van der Waals surface area contributed by atoms with Crippen LogP contribution in [0.25, 0.3) is 0 Å². The van der Waals surface area contributed by atoms with Gasteiger partial charge in [-0.2, -0.15) is 0 Å². The van der Waals surface area contributed by atoms with Gasteiger partial charge in [-0.3, -0.25) is 14.5 Å². The van der Waals surface area contributed by atoms with Gasteiger partial charge in [0.05, 0.1) is 11.5 Å². The maximum absolute atomic E-state index is 12.7. The lowest BCUT2D eigenvalue weighted by atomic mass is 9.84. The van der Waals surface area contributed by atoms with Crippen molar-refractivity contribution in [1.82, 2.24) is 10.2 Å². The molecule has 1 spiro atoms. The SMILES string of the molecule is CC1CCNCC1N1C(=O)CC2(CCCC2)C1=O. The molecule has 2 saturated heterocycles. The molecule has 0 bridgehead atoms. The van der Waals surface area contributed by atoms with Crippen LogP contribution in [0.4, 0.5) is 0 Å². The van der Waals surface area contributed by atoms with Crippen molar-refractivity contribution in [3.63, 3.8) is 0 Å². The predicted molar refractivity (Wildman–Crippen MR) is 67.8 cm³/mol. The Morgan fingerprint density at radius 1 is 1.28 bits per heavy atom. The van der Waals surface area contributed by atoms with Crippen LogP contribution in [-0.2, 0) is 9.59 Å². The van der Waals surface area contributed by atoms with E-state index in [2.05, 4.69) is 12.2 Å². The summed E-state index contributed by atoms with van der Waals surface area (Å²) < 4.78 is 0. The van der Waals surface area contributed by atoms with E-state index in [1.54, 1.807) is 4.90 Å². The summed E-state index contributed by atoms with van der Waals surface area (Å²) in [6.07, 6.45) is 5.56. The summed E-state index contributed by atoms with van der Waals surface area (Å²) in [7, 11) is 0. The largest absolute Gasteiger partial charge is 0.315 e. The Kier molecular flexibility index (Phi) is 2.93. The van der Waals surface area contributed by atoms with Gasteiger partial charge in [0.25, 0.3) is 0 Å². The molecule has 18 heavy (non-hydrogen) atoms. The van der Waals surface area contributed by atoms with E-state index in [0.717, 1.165) is 45.2 Å². The summed E-state index contributed by atoms with van der Waals surface area (Å²) in [5.41, 5.74) is -0.311. The first kappa shape index (κ1) is 12.2. The van der Waals surface area contributed by atoms with Gasteiger partial charge in [0.2, 0.25) is 11.8 Å². The van der Waals surface area contributed by atoms with Crippen LogP contribution in [-0.4, -0.2) is 35.8 Å². The molecule has 1 N–H and O–H groups in total. The third kappa shape index (κ3) is 1.69. The van der Waals surface area contributed by atoms with E-state index in [9.17, 15) is 9.59 Å². The molecule has 0 aromatic rings. The maximum Gasteiger partial charge on any atom is 0.236 e. The first-order valence-electron chi connectivity index (χ1n) is 7.21. The molecule has 3 aliphatic rings. The second-order valence-electron chi connectivity index (χ2n) is 6.27. The molecule has 2 unspecified atom stereocenters. The molecule has 4 nitrogen and oxygen atoms in total. The Labute approximate surface area is 108 Å². The molecule has 0 radical (unpaired) electrons. The highest BCUT2D eigenvalue weighted by atomic mass is 16.2. The smallest absolute Gasteiger partial charge is 0.236 e. The van der Waals surface area contributed by atoms with E-state index in [0.29, 0.717) is 12.3 Å². The Hall–Kier alpha value is -0.900. The number of piperidine rings is 1. The van der Waals surface area contributed by atoms with Crippen LogP contribution in [0, 0.1) is 11.3 Å². The molecule has 2 amide bonds. The summed E-state index contributed by atoms with van der Waals surface area (Å²) in [4.78, 5) is 26.5. The number of amides is 2. The van der Waals surface area contributed by atoms with Crippen LogP contribution < -0.4 is 5.32 Å². The van der Waals surface area contributed by atoms with Gasteiger partial charge in [0.15, 0.2) is 0 Å². The monoisotopic (exact) mass is 250 g/mol. The number of likely N-dealkylation sites (tertiary alicyclic amines) is 1. The molecule has 1 saturated carbocycles. The molecule has 2 heterocycles. The number of hydrogen-bond acceptors (Lipinski definition) is 3. The minimum Gasteiger partial charge on any atom is -0.315 e. The summed E-state index contributed by atoms with van der Waals surface area (Å²) >= 11 is 0. The zero-order valence-electron chi connectivity index (χ0n) is 11.1. The van der Waals surface area contributed by atoms with Crippen molar-refractivity contribution in [1.29, 1.82) is 0 Å². The van der Waals surface area contributed by atoms with Crippen LogP contribution in [0.15, 0.2) is 0 Å². The molecule has 2 aliphatic heterocycles. The highest BCUT2D eigenvalue weighted by molar-refractivity contribution is 6.06. The van der Waals surface area contributed by atoms with E-state index in [4.69, 9.17) is 0 Å². The van der Waals surface area contributed by atoms with E-state index in [-0.39, 0.29) is 23.3 Å². The molecular weight excluding hydrogens is 228 g/mol. The lowest BCUT2D eigenvalue weighted by Crippen LogP contribution is -2.53. The van der Waals surface area contributed by atoms with Crippen molar-refractivity contribution in [2.75, 3.05) is 13.1 Å². The number of hydrogen-bond donors (Lipinski definition) is 1. The first-order valence-corrected chi connectivity index (χ1v) is 7.21. The molecular formula is C14H22N2O2. The van der Waals surface area contributed by atoms with Crippen molar-refractivity contribution in [3.05, 3.63) is 0 Å². The predicted octanol–water partition coefficient (Wildman–Crippen LogP) is 1.30. The second kappa shape index (κ2) is 4.34. The second-order valence-corrected chi connectivity index (χ2v) is 6.27. The number of carbonyl (C=O) groups excluding carboxylic acids is 2. The van der Waals surface area contributed by atoms with Crippen LogP contribution in [0.2, 0.25) is 0 Å². The number of rotatable bonds is 1. The van der Waals surface area contributed by atoms with Gasteiger partial charge in [-0.1, -0.05) is 19.8 Å². The van der Waals surface area contributed by atoms with Crippen LogP contribution in [0.5, 0.6) is 0 Å². The van der Waals surface area contributed by atoms with E-state index in [1.807, 2.05) is 0 Å². The third-order valence-electron chi connectivity index (χ3n) is 5.11. The van der Waals surface area contributed by atoms with Gasteiger partial charge < -0.3 is 5.32 Å². The summed E-state index contributed by atoms with van der Waals surface area (Å²) in [6, 6.07) is 0.0822. The fourth-order valence-electron chi connectivity index (χ4n) is 3.92. The zero-order valence-corrected chi connectivity index (χ0v) is 11.1. The van der Waals surface area contributed by atoms with Crippen molar-refractivity contribution in [3.8, 4) is 0 Å². The molecule has 3 rings (SSSR count). The van der Waals surface area contributed by atoms with Gasteiger partial charge in [0, 0.05) is 13.0 Å². The zero-order chi connectivity index (χ0) is 12.8. The van der Waals surface area contributed by atoms with E-state index in [1.165, 1.54) is 0 Å². The van der Waals surface area contributed by atoms with E-state index < -0.39 is 0 Å². The molecule has 0 aromatic carbocycles. The quantitative estimate of drug-likeness (QED) is 0.714. The molecule has 0 aromatic heterocycles. The fourth-order valence-corrected chi connectivity index (χ4v) is 3.92. The number of carbonyl (C=O) groups is 2. The number of nitrogens with one attached hydrogen (secondary N) is 1. The Morgan fingerprint density at radius 2 is 2.00 bits per heavy atom. The van der Waals surface area contributed by atoms with Gasteiger partial charge in [0.1, 0.15) is 0 Å². The summed E-state index contributed by atoms with van der Waals surface area (Å²) in [6.45, 7) is 3.93. The van der Waals surface area contributed by atoms with E-state index >= 15 is 0 Å². The molecule has 2 atom stereocenters. The summed E-state index contributed by atoms with van der Waals surface area (Å²) in [5, 5.41) is 3.32. The van der Waals surface area contributed by atoms with Gasteiger partial charge in [-0.05, 0) is 31.7 Å². The van der Waals surface area contributed by atoms with Crippen LogP contribution >= 0.6 is 0 Å². The van der Waals surface area contributed by atoms with Gasteiger partial charge in [-0.25, -0.2) is 0 Å². The number of nitrogens with zero attached hydrogens (tertiary/aromatic N) is 1. The highest BCUT2D eigenvalue weighted by Crippen LogP contribution is 2.47. The first-order chi connectivity index (χ1) is 8.64. The van der Waals surface area contributed by atoms with Crippen molar-refractivity contribution in [2.24, 2.45) is 11.3 Å². The van der Waals surface area contributed by atoms with Crippen molar-refractivity contribution < 1.29 is 9.59 Å². The Morgan fingerprint density at radius 3 is 2.67 bits per heavy atom. The third-order valence-corrected chi connectivity index (χ3v) is 5.11. The van der Waals surface area contributed by atoms with Gasteiger partial charge >= 0.3 is 0 Å². The fraction of sp³-hybridized carbons (Fsp3) is 0.857. The lowest BCUT2D eigenvalue weighted by molar-refractivity contribution is -0.145. The number of imide groups is 1. The van der Waals surface area contributed by atoms with Crippen LogP contribution in [0.1, 0.15) is 45.4 Å². The minimum atomic E-state index is -0.311. The Balaban J connectivity index is 1.84. The highest BCUT2D eigenvalue weighted by Gasteiger charge is 2.54. The normalized spacial score (nSPS) is 35.7. The van der Waals surface area contributed by atoms with Gasteiger partial charge in [-0.15, -0.1) is 0 Å². The molecule has 4 heteroatoms. The van der Waals surface area contributed by atoms with Crippen molar-refractivity contribution in [2.45, 2.75) is 51.5 Å². The maximum atomic E-state index is 12.7. The molecule has 3 fully saturated rings. The minimum absolute atomic E-state index is 0.0717. The molecule has 1 aliphatic carbocycles. The van der Waals surface area contributed by atoms with Crippen molar-refractivity contribution >= 4 is 11.8 Å². The lowest BCUT2D eigenvalue weighted by Gasteiger charge is -2.36. The standard InChI is InChI=1S/C14H22N2O2/c1-10-4-7-15-9-11(10)16-12(17)8-14(13(16)18)5-2-3-6-14/h10-11,15H,2-9H2,1H3. The average molecular weight is 250 g/mol. The van der Waals surface area contributed by atoms with Crippen LogP contribution in [0.3, 0.4) is 0 Å².